The molecule has 5 heteroatoms. The number of hydrogen-bond acceptors (Lipinski definition) is 2. The van der Waals surface area contributed by atoms with Crippen molar-refractivity contribution in [3.63, 3.8) is 0 Å². The molecule has 114 valence electrons. The first-order chi connectivity index (χ1) is 10.1. The highest BCUT2D eigenvalue weighted by molar-refractivity contribution is 6.31. The molecule has 1 heterocycles. The van der Waals surface area contributed by atoms with E-state index in [2.05, 4.69) is 0 Å². The largest absolute Gasteiger partial charge is 0.480 e. The molecule has 1 aromatic rings. The quantitative estimate of drug-likeness (QED) is 0.925. The normalized spacial score (nSPS) is 29.3. The standard InChI is InChI=1S/C16H19ClFNO2/c17-12-5-3-6-13(18)11(12)9-19-14-7-2-1-4-10(14)8-15(19)16(20)21/h3,5-6,10,14-15H,1-2,4,7-9H2,(H,20,21)/t10-,14-,15+/m1/s1. The molecule has 1 saturated heterocycles. The minimum Gasteiger partial charge on any atom is -0.480 e. The van der Waals surface area contributed by atoms with Crippen LogP contribution in [0.4, 0.5) is 4.39 Å². The van der Waals surface area contributed by atoms with Gasteiger partial charge in [0.2, 0.25) is 0 Å². The third-order valence-corrected chi connectivity index (χ3v) is 5.26. The van der Waals surface area contributed by atoms with Crippen LogP contribution in [0.25, 0.3) is 0 Å². The molecule has 0 amide bonds. The van der Waals surface area contributed by atoms with Gasteiger partial charge in [-0.25, -0.2) is 4.39 Å². The van der Waals surface area contributed by atoms with Crippen LogP contribution >= 0.6 is 11.6 Å². The first-order valence-electron chi connectivity index (χ1n) is 7.49. The maximum atomic E-state index is 14.0. The lowest BCUT2D eigenvalue weighted by molar-refractivity contribution is -0.142. The van der Waals surface area contributed by atoms with Crippen molar-refractivity contribution in [1.29, 1.82) is 0 Å². The molecule has 3 atom stereocenters. The Morgan fingerprint density at radius 2 is 2.14 bits per heavy atom. The molecule has 1 N–H and O–H groups in total. The van der Waals surface area contributed by atoms with Crippen LogP contribution < -0.4 is 0 Å². The molecule has 3 rings (SSSR count). The number of nitrogens with zero attached hydrogens (tertiary/aromatic N) is 1. The summed E-state index contributed by atoms with van der Waals surface area (Å²) in [5, 5.41) is 9.85. The first-order valence-corrected chi connectivity index (χ1v) is 7.87. The molecule has 1 aromatic carbocycles. The van der Waals surface area contributed by atoms with E-state index in [9.17, 15) is 14.3 Å². The highest BCUT2D eigenvalue weighted by atomic mass is 35.5. The minimum absolute atomic E-state index is 0.246. The molecule has 0 spiro atoms. The molecule has 3 nitrogen and oxygen atoms in total. The summed E-state index contributed by atoms with van der Waals surface area (Å²) in [6.07, 6.45) is 5.04. The maximum Gasteiger partial charge on any atom is 0.320 e. The lowest BCUT2D eigenvalue weighted by Gasteiger charge is -2.33. The van der Waals surface area contributed by atoms with Gasteiger partial charge in [0, 0.05) is 23.2 Å². The average Bonchev–Trinajstić information content (AvgIpc) is 2.82. The fourth-order valence-electron chi connectivity index (χ4n) is 3.89. The van der Waals surface area contributed by atoms with Crippen LogP contribution in [0.3, 0.4) is 0 Å². The van der Waals surface area contributed by atoms with Crippen LogP contribution in [0.2, 0.25) is 5.02 Å². The summed E-state index contributed by atoms with van der Waals surface area (Å²) in [5.74, 6) is -0.742. The number of halogens is 2. The van der Waals surface area contributed by atoms with Gasteiger partial charge in [-0.15, -0.1) is 0 Å². The fraction of sp³-hybridized carbons (Fsp3) is 0.562. The summed E-state index contributed by atoms with van der Waals surface area (Å²) in [6.45, 7) is 0.281. The fourth-order valence-corrected chi connectivity index (χ4v) is 4.11. The summed E-state index contributed by atoms with van der Waals surface area (Å²) in [6, 6.07) is 4.34. The number of hydrogen-bond donors (Lipinski definition) is 1. The van der Waals surface area contributed by atoms with Crippen LogP contribution in [-0.4, -0.2) is 28.1 Å². The van der Waals surface area contributed by atoms with Crippen LogP contribution in [0.15, 0.2) is 18.2 Å². The van der Waals surface area contributed by atoms with Gasteiger partial charge < -0.3 is 5.11 Å². The number of carboxylic acid groups (broad SMARTS) is 1. The van der Waals surface area contributed by atoms with Crippen LogP contribution in [0.5, 0.6) is 0 Å². The summed E-state index contributed by atoms with van der Waals surface area (Å²) >= 11 is 6.10. The zero-order valence-corrected chi connectivity index (χ0v) is 12.5. The van der Waals surface area contributed by atoms with Gasteiger partial charge in [0.1, 0.15) is 11.9 Å². The van der Waals surface area contributed by atoms with Crippen molar-refractivity contribution in [3.05, 3.63) is 34.6 Å². The Morgan fingerprint density at radius 1 is 1.38 bits per heavy atom. The average molecular weight is 312 g/mol. The third-order valence-electron chi connectivity index (χ3n) is 4.91. The Hall–Kier alpha value is -1.13. The second-order valence-electron chi connectivity index (χ2n) is 6.07. The number of likely N-dealkylation sites (tertiary alicyclic amines) is 1. The second-order valence-corrected chi connectivity index (χ2v) is 6.48. The molecule has 0 bridgehead atoms. The highest BCUT2D eigenvalue weighted by Gasteiger charge is 2.45. The van der Waals surface area contributed by atoms with Crippen LogP contribution in [-0.2, 0) is 11.3 Å². The lowest BCUT2D eigenvalue weighted by atomic mass is 9.84. The molecule has 2 aliphatic rings. The van der Waals surface area contributed by atoms with Crippen LogP contribution in [0.1, 0.15) is 37.7 Å². The highest BCUT2D eigenvalue weighted by Crippen LogP contribution is 2.41. The van der Waals surface area contributed by atoms with E-state index < -0.39 is 12.0 Å². The number of carboxylic acids is 1. The van der Waals surface area contributed by atoms with E-state index in [4.69, 9.17) is 11.6 Å². The van der Waals surface area contributed by atoms with Crippen molar-refractivity contribution in [3.8, 4) is 0 Å². The Morgan fingerprint density at radius 3 is 2.86 bits per heavy atom. The van der Waals surface area contributed by atoms with E-state index in [1.54, 1.807) is 12.1 Å². The third kappa shape index (κ3) is 2.79. The predicted molar refractivity (Wildman–Crippen MR) is 78.7 cm³/mol. The lowest BCUT2D eigenvalue weighted by Crippen LogP contribution is -2.41. The molecule has 0 unspecified atom stereocenters. The van der Waals surface area contributed by atoms with Gasteiger partial charge in [0.05, 0.1) is 0 Å². The van der Waals surface area contributed by atoms with Crippen molar-refractivity contribution in [2.45, 2.75) is 50.7 Å². The van der Waals surface area contributed by atoms with E-state index in [-0.39, 0.29) is 18.4 Å². The van der Waals surface area contributed by atoms with E-state index in [1.165, 1.54) is 12.5 Å². The molecule has 2 fully saturated rings. The molecule has 1 aliphatic heterocycles. The monoisotopic (exact) mass is 311 g/mol. The molecule has 0 radical (unpaired) electrons. The summed E-state index contributed by atoms with van der Waals surface area (Å²) in [4.78, 5) is 13.5. The summed E-state index contributed by atoms with van der Waals surface area (Å²) in [5.41, 5.74) is 0.414. The van der Waals surface area contributed by atoms with Gasteiger partial charge in [-0.3, -0.25) is 9.69 Å². The molecule has 21 heavy (non-hydrogen) atoms. The number of rotatable bonds is 3. The first kappa shape index (κ1) is 14.8. The van der Waals surface area contributed by atoms with E-state index in [0.29, 0.717) is 22.9 Å². The van der Waals surface area contributed by atoms with E-state index in [1.807, 2.05) is 4.90 Å². The molecule has 1 aliphatic carbocycles. The van der Waals surface area contributed by atoms with E-state index in [0.717, 1.165) is 19.3 Å². The van der Waals surface area contributed by atoms with Gasteiger partial charge in [-0.2, -0.15) is 0 Å². The second kappa shape index (κ2) is 5.93. The van der Waals surface area contributed by atoms with Gasteiger partial charge in [-0.1, -0.05) is 30.5 Å². The van der Waals surface area contributed by atoms with Crippen molar-refractivity contribution in [2.24, 2.45) is 5.92 Å². The Kier molecular flexibility index (Phi) is 4.18. The number of fused-ring (bicyclic) bond motifs is 1. The Balaban J connectivity index is 1.88. The smallest absolute Gasteiger partial charge is 0.320 e. The number of benzene rings is 1. The van der Waals surface area contributed by atoms with Crippen molar-refractivity contribution in [2.75, 3.05) is 0 Å². The number of carbonyl (C=O) groups is 1. The summed E-state index contributed by atoms with van der Waals surface area (Å²) < 4.78 is 14.0. The zero-order valence-electron chi connectivity index (χ0n) is 11.8. The predicted octanol–water partition coefficient (Wildman–Crippen LogP) is 3.70. The minimum atomic E-state index is -0.808. The van der Waals surface area contributed by atoms with Gasteiger partial charge in [-0.05, 0) is 37.3 Å². The molecule has 1 saturated carbocycles. The SMILES string of the molecule is O=C(O)[C@@H]1C[C@H]2CCCC[C@H]2N1Cc1c(F)cccc1Cl. The van der Waals surface area contributed by atoms with E-state index >= 15 is 0 Å². The maximum absolute atomic E-state index is 14.0. The zero-order chi connectivity index (χ0) is 15.0. The van der Waals surface area contributed by atoms with Gasteiger partial charge >= 0.3 is 5.97 Å². The Bertz CT molecular complexity index is 531. The van der Waals surface area contributed by atoms with Gasteiger partial charge in [0.15, 0.2) is 0 Å². The topological polar surface area (TPSA) is 40.5 Å². The van der Waals surface area contributed by atoms with Crippen molar-refractivity contribution >= 4 is 17.6 Å². The molecular formula is C16H19ClFNO2. The van der Waals surface area contributed by atoms with Gasteiger partial charge in [0.25, 0.3) is 0 Å². The van der Waals surface area contributed by atoms with Crippen molar-refractivity contribution < 1.29 is 14.3 Å². The Labute approximate surface area is 128 Å². The molecule has 0 aromatic heterocycles. The van der Waals surface area contributed by atoms with Crippen LogP contribution in [0, 0.1) is 11.7 Å². The summed E-state index contributed by atoms with van der Waals surface area (Å²) in [7, 11) is 0. The van der Waals surface area contributed by atoms with Crippen molar-refractivity contribution in [1.82, 2.24) is 4.90 Å². The number of aliphatic carboxylic acids is 1. The molecular weight excluding hydrogens is 293 g/mol.